The van der Waals surface area contributed by atoms with Gasteiger partial charge >= 0.3 is 6.09 Å². The third kappa shape index (κ3) is 3.78. The number of aromatic nitrogens is 2. The van der Waals surface area contributed by atoms with Gasteiger partial charge in [-0.05, 0) is 32.4 Å². The number of carbonyl (C=O) groups is 1. The van der Waals surface area contributed by atoms with Crippen molar-refractivity contribution in [3.63, 3.8) is 0 Å². The Hall–Kier alpha value is -2.50. The predicted molar refractivity (Wildman–Crippen MR) is 86.1 cm³/mol. The Morgan fingerprint density at radius 2 is 2.09 bits per heavy atom. The second-order valence-corrected chi connectivity index (χ2v) is 6.19. The average molecular weight is 302 g/mol. The van der Waals surface area contributed by atoms with Crippen LogP contribution in [0.4, 0.5) is 10.5 Å². The summed E-state index contributed by atoms with van der Waals surface area (Å²) in [6.45, 7) is 5.90. The molecule has 6 nitrogen and oxygen atoms in total. The van der Waals surface area contributed by atoms with Crippen molar-refractivity contribution in [1.82, 2.24) is 15.1 Å². The third-order valence-electron chi connectivity index (χ3n) is 3.10. The van der Waals surface area contributed by atoms with Crippen molar-refractivity contribution in [1.29, 1.82) is 0 Å². The summed E-state index contributed by atoms with van der Waals surface area (Å²) in [6, 6.07) is 7.58. The van der Waals surface area contributed by atoms with Gasteiger partial charge in [0.25, 0.3) is 0 Å². The Kier molecular flexibility index (Phi) is 4.40. The van der Waals surface area contributed by atoms with Crippen LogP contribution in [0.5, 0.6) is 0 Å². The molecule has 0 aliphatic carbocycles. The van der Waals surface area contributed by atoms with Crippen molar-refractivity contribution in [2.24, 2.45) is 0 Å². The van der Waals surface area contributed by atoms with Gasteiger partial charge in [-0.25, -0.2) is 4.79 Å². The molecule has 6 heteroatoms. The first kappa shape index (κ1) is 15.9. The largest absolute Gasteiger partial charge is 0.444 e. The highest BCUT2D eigenvalue weighted by Crippen LogP contribution is 2.27. The van der Waals surface area contributed by atoms with E-state index in [4.69, 9.17) is 10.5 Å². The van der Waals surface area contributed by atoms with E-state index in [-0.39, 0.29) is 6.09 Å². The van der Waals surface area contributed by atoms with E-state index in [1.54, 1.807) is 13.2 Å². The number of H-pyrrole nitrogens is 1. The molecule has 1 heterocycles. The average Bonchev–Trinajstić information content (AvgIpc) is 2.93. The van der Waals surface area contributed by atoms with E-state index < -0.39 is 5.60 Å². The minimum absolute atomic E-state index is 0.376. The highest BCUT2D eigenvalue weighted by molar-refractivity contribution is 5.76. The van der Waals surface area contributed by atoms with Crippen LogP contribution < -0.4 is 5.73 Å². The number of carbonyl (C=O) groups excluding carboxylic acids is 1. The molecular formula is C16H22N4O2. The molecule has 2 rings (SSSR count). The van der Waals surface area contributed by atoms with Crippen molar-refractivity contribution < 1.29 is 9.53 Å². The number of benzene rings is 1. The molecule has 0 saturated heterocycles. The third-order valence-corrected chi connectivity index (χ3v) is 3.10. The molecule has 3 N–H and O–H groups in total. The molecule has 0 bridgehead atoms. The van der Waals surface area contributed by atoms with Crippen LogP contribution in [0.1, 0.15) is 26.3 Å². The number of aromatic amines is 1. The lowest BCUT2D eigenvalue weighted by Crippen LogP contribution is -2.34. The number of hydrogen-bond donors (Lipinski definition) is 2. The minimum Gasteiger partial charge on any atom is -0.444 e. The van der Waals surface area contributed by atoms with Gasteiger partial charge in [0.1, 0.15) is 5.60 Å². The number of anilines is 1. The number of amides is 1. The lowest BCUT2D eigenvalue weighted by molar-refractivity contribution is 0.0285. The molecule has 118 valence electrons. The number of para-hydroxylation sites is 1. The van der Waals surface area contributed by atoms with Crippen LogP contribution in [0, 0.1) is 0 Å². The van der Waals surface area contributed by atoms with Gasteiger partial charge in [-0.1, -0.05) is 18.2 Å². The van der Waals surface area contributed by atoms with Crippen molar-refractivity contribution in [2.75, 3.05) is 12.8 Å². The zero-order valence-corrected chi connectivity index (χ0v) is 13.4. The van der Waals surface area contributed by atoms with Gasteiger partial charge in [0.15, 0.2) is 0 Å². The van der Waals surface area contributed by atoms with Crippen LogP contribution >= 0.6 is 0 Å². The molecule has 0 saturated carbocycles. The van der Waals surface area contributed by atoms with E-state index in [9.17, 15) is 4.79 Å². The van der Waals surface area contributed by atoms with Gasteiger partial charge in [-0.15, -0.1) is 0 Å². The van der Waals surface area contributed by atoms with Crippen LogP contribution in [0.25, 0.3) is 11.3 Å². The molecule has 1 aromatic carbocycles. The summed E-state index contributed by atoms with van der Waals surface area (Å²) in [4.78, 5) is 13.5. The van der Waals surface area contributed by atoms with Crippen LogP contribution in [0.3, 0.4) is 0 Å². The van der Waals surface area contributed by atoms with Gasteiger partial charge in [0.2, 0.25) is 0 Å². The predicted octanol–water partition coefficient (Wildman–Crippen LogP) is 3.03. The van der Waals surface area contributed by atoms with Crippen molar-refractivity contribution in [3.05, 3.63) is 36.0 Å². The highest BCUT2D eigenvalue weighted by Gasteiger charge is 2.20. The first-order chi connectivity index (χ1) is 10.3. The normalized spacial score (nSPS) is 11.3. The maximum atomic E-state index is 12.0. The van der Waals surface area contributed by atoms with E-state index in [0.717, 1.165) is 16.8 Å². The summed E-state index contributed by atoms with van der Waals surface area (Å²) in [6.07, 6.45) is 1.30. The summed E-state index contributed by atoms with van der Waals surface area (Å²) < 4.78 is 5.34. The minimum atomic E-state index is -0.519. The fraction of sp³-hybridized carbons (Fsp3) is 0.375. The van der Waals surface area contributed by atoms with E-state index in [0.29, 0.717) is 12.2 Å². The van der Waals surface area contributed by atoms with Gasteiger partial charge < -0.3 is 15.4 Å². The molecule has 0 spiro atoms. The second kappa shape index (κ2) is 6.09. The number of nitrogen functional groups attached to an aromatic ring is 1. The number of nitrogens with one attached hydrogen (secondary N) is 1. The van der Waals surface area contributed by atoms with Gasteiger partial charge in [0, 0.05) is 24.5 Å². The fourth-order valence-corrected chi connectivity index (χ4v) is 2.05. The maximum Gasteiger partial charge on any atom is 0.410 e. The molecule has 0 atom stereocenters. The Morgan fingerprint density at radius 3 is 2.68 bits per heavy atom. The fourth-order valence-electron chi connectivity index (χ4n) is 2.05. The van der Waals surface area contributed by atoms with Crippen molar-refractivity contribution in [3.8, 4) is 11.3 Å². The molecular weight excluding hydrogens is 280 g/mol. The van der Waals surface area contributed by atoms with E-state index in [1.165, 1.54) is 4.90 Å². The monoisotopic (exact) mass is 302 g/mol. The molecule has 1 aromatic heterocycles. The summed E-state index contributed by atoms with van der Waals surface area (Å²) in [5.41, 5.74) is 8.91. The summed E-state index contributed by atoms with van der Waals surface area (Å²) in [7, 11) is 1.69. The standard InChI is InChI=1S/C16H22N4O2/c1-16(2,3)22-15(21)20(4)10-11-6-5-7-12(14(11)17)13-8-9-18-19-13/h5-9H,10,17H2,1-4H3,(H,18,19). The Bertz CT molecular complexity index is 645. The van der Waals surface area contributed by atoms with Crippen LogP contribution in [0.2, 0.25) is 0 Å². The Balaban J connectivity index is 2.17. The number of ether oxygens (including phenoxy) is 1. The molecule has 0 aliphatic rings. The van der Waals surface area contributed by atoms with E-state index >= 15 is 0 Å². The summed E-state index contributed by atoms with van der Waals surface area (Å²) in [5.74, 6) is 0. The zero-order valence-electron chi connectivity index (χ0n) is 13.4. The molecule has 2 aromatic rings. The zero-order chi connectivity index (χ0) is 16.3. The highest BCUT2D eigenvalue weighted by atomic mass is 16.6. The molecule has 0 unspecified atom stereocenters. The van der Waals surface area contributed by atoms with Crippen LogP contribution in [0.15, 0.2) is 30.5 Å². The molecule has 22 heavy (non-hydrogen) atoms. The Morgan fingerprint density at radius 1 is 1.36 bits per heavy atom. The topological polar surface area (TPSA) is 84.2 Å². The van der Waals surface area contributed by atoms with Crippen LogP contribution in [-0.4, -0.2) is 33.8 Å². The Labute approximate surface area is 130 Å². The van der Waals surface area contributed by atoms with Crippen LogP contribution in [-0.2, 0) is 11.3 Å². The van der Waals surface area contributed by atoms with Gasteiger partial charge in [-0.3, -0.25) is 5.10 Å². The SMILES string of the molecule is CN(Cc1cccc(-c2ccn[nH]2)c1N)C(=O)OC(C)(C)C. The molecule has 0 fully saturated rings. The quantitative estimate of drug-likeness (QED) is 0.854. The number of nitrogens with two attached hydrogens (primary N) is 1. The lowest BCUT2D eigenvalue weighted by Gasteiger charge is -2.25. The summed E-state index contributed by atoms with van der Waals surface area (Å²) in [5, 5.41) is 6.83. The molecule has 0 aliphatic heterocycles. The number of hydrogen-bond acceptors (Lipinski definition) is 4. The summed E-state index contributed by atoms with van der Waals surface area (Å²) >= 11 is 0. The lowest BCUT2D eigenvalue weighted by atomic mass is 10.0. The van der Waals surface area contributed by atoms with Gasteiger partial charge in [0.05, 0.1) is 12.2 Å². The van der Waals surface area contributed by atoms with E-state index in [2.05, 4.69) is 10.2 Å². The smallest absolute Gasteiger partial charge is 0.410 e. The van der Waals surface area contributed by atoms with Crippen molar-refractivity contribution in [2.45, 2.75) is 32.9 Å². The molecule has 1 amide bonds. The number of rotatable bonds is 3. The molecule has 0 radical (unpaired) electrons. The van der Waals surface area contributed by atoms with Gasteiger partial charge in [-0.2, -0.15) is 5.10 Å². The maximum absolute atomic E-state index is 12.0. The first-order valence-corrected chi connectivity index (χ1v) is 7.09. The van der Waals surface area contributed by atoms with E-state index in [1.807, 2.05) is 45.0 Å². The first-order valence-electron chi connectivity index (χ1n) is 7.09. The second-order valence-electron chi connectivity index (χ2n) is 6.19. The number of nitrogens with zero attached hydrogens (tertiary/aromatic N) is 2. The van der Waals surface area contributed by atoms with Crippen molar-refractivity contribution >= 4 is 11.8 Å².